The van der Waals surface area contributed by atoms with E-state index in [4.69, 9.17) is 9.84 Å². The summed E-state index contributed by atoms with van der Waals surface area (Å²) in [4.78, 5) is 0.220. The van der Waals surface area contributed by atoms with Gasteiger partial charge in [0.05, 0.1) is 23.3 Å². The van der Waals surface area contributed by atoms with Crippen LogP contribution in [0.3, 0.4) is 0 Å². The lowest BCUT2D eigenvalue weighted by Gasteiger charge is -2.24. The summed E-state index contributed by atoms with van der Waals surface area (Å²) in [6, 6.07) is 11.2. The summed E-state index contributed by atoms with van der Waals surface area (Å²) in [6.45, 7) is 5.81. The molecule has 5 rings (SSSR count). The fraction of sp³-hybridized carbons (Fsp3) is 0.346. The van der Waals surface area contributed by atoms with Gasteiger partial charge in [0.15, 0.2) is 9.84 Å². The molecular formula is C26H28N6O3S. The highest BCUT2D eigenvalue weighted by molar-refractivity contribution is 7.90. The molecule has 0 spiro atoms. The number of hydrogen-bond acceptors (Lipinski definition) is 7. The molecule has 36 heavy (non-hydrogen) atoms. The maximum atomic E-state index is 12.4. The predicted octanol–water partition coefficient (Wildman–Crippen LogP) is 3.85. The van der Waals surface area contributed by atoms with Gasteiger partial charge in [-0.3, -0.25) is 4.68 Å². The molecule has 186 valence electrons. The Morgan fingerprint density at radius 1 is 1.19 bits per heavy atom. The molecule has 1 atom stereocenters. The van der Waals surface area contributed by atoms with Crippen molar-refractivity contribution in [1.82, 2.24) is 24.7 Å². The van der Waals surface area contributed by atoms with Crippen molar-refractivity contribution < 1.29 is 13.2 Å². The third-order valence-electron chi connectivity index (χ3n) is 6.77. The molecule has 1 aromatic carbocycles. The van der Waals surface area contributed by atoms with Gasteiger partial charge in [-0.2, -0.15) is 15.5 Å². The van der Waals surface area contributed by atoms with E-state index in [0.717, 1.165) is 42.8 Å². The van der Waals surface area contributed by atoms with Crippen LogP contribution in [0.5, 0.6) is 5.75 Å². The van der Waals surface area contributed by atoms with E-state index in [9.17, 15) is 13.7 Å². The standard InChI is InChI=1S/C26H28N6O3S/c1-17-23(15-30-32(17)21-8-10-28-11-9-21)19-12-24(26-20(13-27)14-29-31(26)16-19)35-18(2)22-6-4-5-7-25(22)36(3,33)34/h4-7,12,14-16,18,21,28H,8-11H2,1-3H3. The highest BCUT2D eigenvalue weighted by atomic mass is 32.2. The Morgan fingerprint density at radius 2 is 1.94 bits per heavy atom. The number of benzene rings is 1. The average molecular weight is 505 g/mol. The van der Waals surface area contributed by atoms with Crippen LogP contribution in [0.2, 0.25) is 0 Å². The number of nitriles is 1. The number of aromatic nitrogens is 4. The maximum absolute atomic E-state index is 12.4. The number of rotatable bonds is 6. The summed E-state index contributed by atoms with van der Waals surface area (Å²) in [6.07, 6.45) is 7.88. The fourth-order valence-electron chi connectivity index (χ4n) is 4.94. The van der Waals surface area contributed by atoms with Crippen LogP contribution in [-0.4, -0.2) is 47.2 Å². The molecule has 1 aliphatic heterocycles. The van der Waals surface area contributed by atoms with Crippen molar-refractivity contribution in [1.29, 1.82) is 5.26 Å². The van der Waals surface area contributed by atoms with Gasteiger partial charge in [-0.1, -0.05) is 18.2 Å². The van der Waals surface area contributed by atoms with Crippen LogP contribution in [0.1, 0.15) is 48.7 Å². The van der Waals surface area contributed by atoms with Gasteiger partial charge in [0.2, 0.25) is 0 Å². The zero-order chi connectivity index (χ0) is 25.4. The molecule has 4 aromatic rings. The summed E-state index contributed by atoms with van der Waals surface area (Å²) in [5.74, 6) is 0.450. The lowest BCUT2D eigenvalue weighted by atomic mass is 10.0. The molecular weight excluding hydrogens is 476 g/mol. The third-order valence-corrected chi connectivity index (χ3v) is 7.94. The number of piperidine rings is 1. The molecule has 1 unspecified atom stereocenters. The first-order valence-electron chi connectivity index (χ1n) is 11.9. The average Bonchev–Trinajstić information content (AvgIpc) is 3.47. The van der Waals surface area contributed by atoms with E-state index in [1.165, 1.54) is 12.5 Å². The number of hydrogen-bond donors (Lipinski definition) is 1. The highest BCUT2D eigenvalue weighted by Crippen LogP contribution is 2.36. The number of ether oxygens (including phenoxy) is 1. The minimum Gasteiger partial charge on any atom is -0.484 e. The molecule has 0 radical (unpaired) electrons. The van der Waals surface area contributed by atoms with E-state index in [1.54, 1.807) is 35.7 Å². The monoisotopic (exact) mass is 504 g/mol. The fourth-order valence-corrected chi connectivity index (χ4v) is 5.93. The molecule has 10 heteroatoms. The Kier molecular flexibility index (Phi) is 6.28. The number of fused-ring (bicyclic) bond motifs is 1. The minimum atomic E-state index is -3.45. The summed E-state index contributed by atoms with van der Waals surface area (Å²) in [5, 5.41) is 22.1. The van der Waals surface area contributed by atoms with Gasteiger partial charge >= 0.3 is 0 Å². The normalized spacial score (nSPS) is 15.6. The second-order valence-electron chi connectivity index (χ2n) is 9.20. The summed E-state index contributed by atoms with van der Waals surface area (Å²) in [5.41, 5.74) is 4.33. The van der Waals surface area contributed by atoms with Crippen molar-refractivity contribution in [3.05, 3.63) is 65.7 Å². The quantitative estimate of drug-likeness (QED) is 0.424. The lowest BCUT2D eigenvalue weighted by Crippen LogP contribution is -2.30. The molecule has 1 aliphatic rings. The molecule has 0 aliphatic carbocycles. The van der Waals surface area contributed by atoms with Crippen molar-refractivity contribution in [2.45, 2.75) is 43.7 Å². The molecule has 4 heterocycles. The topological polar surface area (TPSA) is 114 Å². The summed E-state index contributed by atoms with van der Waals surface area (Å²) >= 11 is 0. The van der Waals surface area contributed by atoms with Gasteiger partial charge in [0.25, 0.3) is 0 Å². The molecule has 1 N–H and O–H groups in total. The molecule has 0 bridgehead atoms. The second kappa shape index (κ2) is 9.41. The van der Waals surface area contributed by atoms with Crippen molar-refractivity contribution >= 4 is 15.4 Å². The van der Waals surface area contributed by atoms with E-state index in [0.29, 0.717) is 28.4 Å². The Balaban J connectivity index is 1.58. The largest absolute Gasteiger partial charge is 0.484 e. The van der Waals surface area contributed by atoms with Crippen LogP contribution in [0, 0.1) is 18.3 Å². The Hall–Kier alpha value is -3.68. The number of pyridine rings is 1. The van der Waals surface area contributed by atoms with Gasteiger partial charge < -0.3 is 10.1 Å². The number of nitrogens with one attached hydrogen (secondary N) is 1. The van der Waals surface area contributed by atoms with E-state index in [1.807, 2.05) is 18.5 Å². The van der Waals surface area contributed by atoms with Crippen LogP contribution < -0.4 is 10.1 Å². The lowest BCUT2D eigenvalue weighted by molar-refractivity contribution is 0.225. The Morgan fingerprint density at radius 3 is 2.67 bits per heavy atom. The van der Waals surface area contributed by atoms with E-state index >= 15 is 0 Å². The van der Waals surface area contributed by atoms with Gasteiger partial charge in [0, 0.05) is 34.8 Å². The van der Waals surface area contributed by atoms with Gasteiger partial charge in [-0.15, -0.1) is 0 Å². The van der Waals surface area contributed by atoms with Gasteiger partial charge in [-0.05, 0) is 51.9 Å². The Bertz CT molecular complexity index is 1570. The minimum absolute atomic E-state index is 0.220. The van der Waals surface area contributed by atoms with Gasteiger partial charge in [0.1, 0.15) is 29.0 Å². The maximum Gasteiger partial charge on any atom is 0.175 e. The van der Waals surface area contributed by atoms with Crippen LogP contribution >= 0.6 is 0 Å². The first kappa shape index (κ1) is 24.0. The molecule has 3 aromatic heterocycles. The molecule has 0 saturated carbocycles. The summed E-state index contributed by atoms with van der Waals surface area (Å²) < 4.78 is 34.8. The smallest absolute Gasteiger partial charge is 0.175 e. The zero-order valence-corrected chi connectivity index (χ0v) is 21.3. The summed E-state index contributed by atoms with van der Waals surface area (Å²) in [7, 11) is -3.45. The first-order chi connectivity index (χ1) is 17.3. The van der Waals surface area contributed by atoms with E-state index in [2.05, 4.69) is 28.1 Å². The van der Waals surface area contributed by atoms with Gasteiger partial charge in [-0.25, -0.2) is 12.9 Å². The number of sulfone groups is 1. The van der Waals surface area contributed by atoms with Crippen LogP contribution in [-0.2, 0) is 9.84 Å². The molecule has 1 fully saturated rings. The molecule has 0 amide bonds. The van der Waals surface area contributed by atoms with E-state index < -0.39 is 15.9 Å². The second-order valence-corrected chi connectivity index (χ2v) is 11.2. The molecule has 9 nitrogen and oxygen atoms in total. The first-order valence-corrected chi connectivity index (χ1v) is 13.8. The zero-order valence-electron chi connectivity index (χ0n) is 20.5. The van der Waals surface area contributed by atoms with Crippen molar-refractivity contribution in [3.8, 4) is 22.9 Å². The third kappa shape index (κ3) is 4.36. The highest BCUT2D eigenvalue weighted by Gasteiger charge is 2.23. The van der Waals surface area contributed by atoms with Crippen LogP contribution in [0.15, 0.2) is 53.8 Å². The van der Waals surface area contributed by atoms with Crippen LogP contribution in [0.4, 0.5) is 0 Å². The van der Waals surface area contributed by atoms with Crippen LogP contribution in [0.25, 0.3) is 16.6 Å². The van der Waals surface area contributed by atoms with Crippen molar-refractivity contribution in [2.75, 3.05) is 19.3 Å². The van der Waals surface area contributed by atoms with Crippen molar-refractivity contribution in [2.24, 2.45) is 0 Å². The predicted molar refractivity (Wildman–Crippen MR) is 136 cm³/mol. The van der Waals surface area contributed by atoms with Crippen molar-refractivity contribution in [3.63, 3.8) is 0 Å². The SMILES string of the molecule is Cc1c(-c2cc(OC(C)c3ccccc3S(C)(=O)=O)c3c(C#N)cnn3c2)cnn1C1CCNCC1. The van der Waals surface area contributed by atoms with E-state index in [-0.39, 0.29) is 4.90 Å². The molecule has 1 saturated heterocycles. The number of nitrogens with zero attached hydrogens (tertiary/aromatic N) is 5. The Labute approximate surface area is 210 Å².